The van der Waals surface area contributed by atoms with Gasteiger partial charge in [0.05, 0.1) is 0 Å². The Hall–Kier alpha value is -1.86. The van der Waals surface area contributed by atoms with Crippen LogP contribution in [0.5, 0.6) is 0 Å². The third kappa shape index (κ3) is 4.67. The second kappa shape index (κ2) is 7.66. The summed E-state index contributed by atoms with van der Waals surface area (Å²) in [6.45, 7) is 4.34. The number of benzene rings is 2. The van der Waals surface area contributed by atoms with Gasteiger partial charge >= 0.3 is 0 Å². The Morgan fingerprint density at radius 2 is 1.55 bits per heavy atom. The highest BCUT2D eigenvalue weighted by molar-refractivity contribution is 5.48. The van der Waals surface area contributed by atoms with Crippen molar-refractivity contribution in [3.63, 3.8) is 0 Å². The minimum absolute atomic E-state index is 0.561. The van der Waals surface area contributed by atoms with Crippen molar-refractivity contribution >= 4 is 6.08 Å². The molecule has 1 unspecified atom stereocenters. The lowest BCUT2D eigenvalue weighted by Crippen LogP contribution is -2.23. The van der Waals surface area contributed by atoms with Crippen molar-refractivity contribution in [1.29, 1.82) is 0 Å². The quantitative estimate of drug-likeness (QED) is 0.746. The van der Waals surface area contributed by atoms with E-state index in [1.165, 1.54) is 11.1 Å². The summed E-state index contributed by atoms with van der Waals surface area (Å²) in [5.41, 5.74) is 2.67. The number of hydrogen-bond donors (Lipinski definition) is 0. The molecule has 104 valence electrons. The van der Waals surface area contributed by atoms with Gasteiger partial charge in [0.25, 0.3) is 0 Å². The van der Waals surface area contributed by atoms with E-state index in [0.717, 1.165) is 13.1 Å². The van der Waals surface area contributed by atoms with Crippen molar-refractivity contribution in [3.8, 4) is 0 Å². The largest absolute Gasteiger partial charge is 0.302 e. The summed E-state index contributed by atoms with van der Waals surface area (Å²) in [5, 5.41) is 0. The SMILES string of the molecule is CC(CN(C)C/C=C/c1ccccc1)c1ccccc1. The van der Waals surface area contributed by atoms with E-state index in [9.17, 15) is 0 Å². The summed E-state index contributed by atoms with van der Waals surface area (Å²) >= 11 is 0. The highest BCUT2D eigenvalue weighted by Crippen LogP contribution is 2.15. The molecule has 0 radical (unpaired) electrons. The summed E-state index contributed by atoms with van der Waals surface area (Å²) in [5.74, 6) is 0.561. The van der Waals surface area contributed by atoms with Crippen molar-refractivity contribution in [1.82, 2.24) is 4.90 Å². The fraction of sp³-hybridized carbons (Fsp3) is 0.263. The van der Waals surface area contributed by atoms with E-state index in [4.69, 9.17) is 0 Å². The molecular weight excluding hydrogens is 242 g/mol. The number of likely N-dealkylation sites (N-methyl/N-ethyl adjacent to an activating group) is 1. The minimum atomic E-state index is 0.561. The van der Waals surface area contributed by atoms with E-state index in [-0.39, 0.29) is 0 Å². The van der Waals surface area contributed by atoms with Crippen LogP contribution >= 0.6 is 0 Å². The number of nitrogens with zero attached hydrogens (tertiary/aromatic N) is 1. The normalized spacial score (nSPS) is 12.9. The zero-order chi connectivity index (χ0) is 14.2. The molecule has 0 aliphatic heterocycles. The zero-order valence-electron chi connectivity index (χ0n) is 12.4. The van der Waals surface area contributed by atoms with Crippen LogP contribution in [0.25, 0.3) is 6.08 Å². The van der Waals surface area contributed by atoms with E-state index in [0.29, 0.717) is 5.92 Å². The lowest BCUT2D eigenvalue weighted by molar-refractivity contribution is 0.349. The van der Waals surface area contributed by atoms with Crippen molar-refractivity contribution in [2.24, 2.45) is 0 Å². The van der Waals surface area contributed by atoms with Gasteiger partial charge in [-0.25, -0.2) is 0 Å². The molecule has 2 aromatic carbocycles. The lowest BCUT2D eigenvalue weighted by atomic mass is 10.0. The maximum Gasteiger partial charge on any atom is 0.0163 e. The topological polar surface area (TPSA) is 3.24 Å². The summed E-state index contributed by atoms with van der Waals surface area (Å²) < 4.78 is 0. The third-order valence-electron chi connectivity index (χ3n) is 3.48. The monoisotopic (exact) mass is 265 g/mol. The fourth-order valence-corrected chi connectivity index (χ4v) is 2.36. The molecule has 0 spiro atoms. The smallest absolute Gasteiger partial charge is 0.0163 e. The van der Waals surface area contributed by atoms with Gasteiger partial charge < -0.3 is 4.90 Å². The summed E-state index contributed by atoms with van der Waals surface area (Å²) in [6, 6.07) is 21.2. The molecule has 1 nitrogen and oxygen atoms in total. The first-order chi connectivity index (χ1) is 9.75. The second-order valence-electron chi connectivity index (χ2n) is 5.35. The first kappa shape index (κ1) is 14.5. The Morgan fingerprint density at radius 1 is 0.950 bits per heavy atom. The van der Waals surface area contributed by atoms with Gasteiger partial charge in [0.15, 0.2) is 0 Å². The molecule has 0 saturated heterocycles. The molecule has 0 aromatic heterocycles. The maximum absolute atomic E-state index is 2.36. The van der Waals surface area contributed by atoms with Crippen LogP contribution in [0.1, 0.15) is 24.0 Å². The summed E-state index contributed by atoms with van der Waals surface area (Å²) in [4.78, 5) is 2.36. The Bertz CT molecular complexity index is 516. The van der Waals surface area contributed by atoms with E-state index >= 15 is 0 Å². The molecule has 0 bridgehead atoms. The molecule has 2 rings (SSSR count). The van der Waals surface area contributed by atoms with E-state index in [2.05, 4.69) is 85.6 Å². The highest BCUT2D eigenvalue weighted by atomic mass is 15.1. The molecule has 20 heavy (non-hydrogen) atoms. The van der Waals surface area contributed by atoms with Crippen LogP contribution in [-0.2, 0) is 0 Å². The van der Waals surface area contributed by atoms with E-state index in [1.54, 1.807) is 0 Å². The molecule has 0 amide bonds. The highest BCUT2D eigenvalue weighted by Gasteiger charge is 2.07. The molecule has 0 N–H and O–H groups in total. The average Bonchev–Trinajstić information content (AvgIpc) is 2.49. The zero-order valence-corrected chi connectivity index (χ0v) is 12.4. The molecule has 0 fully saturated rings. The van der Waals surface area contributed by atoms with Gasteiger partial charge in [-0.15, -0.1) is 0 Å². The first-order valence-corrected chi connectivity index (χ1v) is 7.21. The van der Waals surface area contributed by atoms with Crippen LogP contribution in [0.3, 0.4) is 0 Å². The van der Waals surface area contributed by atoms with Gasteiger partial charge in [-0.05, 0) is 24.1 Å². The molecule has 0 saturated carbocycles. The molecule has 0 aliphatic carbocycles. The predicted octanol–water partition coefficient (Wildman–Crippen LogP) is 4.44. The van der Waals surface area contributed by atoms with Gasteiger partial charge in [-0.1, -0.05) is 79.7 Å². The van der Waals surface area contributed by atoms with Crippen LogP contribution in [-0.4, -0.2) is 25.0 Å². The van der Waals surface area contributed by atoms with Crippen molar-refractivity contribution in [3.05, 3.63) is 77.9 Å². The van der Waals surface area contributed by atoms with Crippen molar-refractivity contribution in [2.75, 3.05) is 20.1 Å². The minimum Gasteiger partial charge on any atom is -0.302 e. The Balaban J connectivity index is 1.81. The van der Waals surface area contributed by atoms with Crippen LogP contribution in [0.15, 0.2) is 66.7 Å². The molecule has 0 aliphatic rings. The Kier molecular flexibility index (Phi) is 5.57. The maximum atomic E-state index is 2.36. The first-order valence-electron chi connectivity index (χ1n) is 7.21. The van der Waals surface area contributed by atoms with E-state index in [1.807, 2.05) is 6.07 Å². The predicted molar refractivity (Wildman–Crippen MR) is 87.8 cm³/mol. The van der Waals surface area contributed by atoms with Crippen LogP contribution < -0.4 is 0 Å². The average molecular weight is 265 g/mol. The summed E-state index contributed by atoms with van der Waals surface area (Å²) in [7, 11) is 2.18. The van der Waals surface area contributed by atoms with Gasteiger partial charge in [0, 0.05) is 13.1 Å². The third-order valence-corrected chi connectivity index (χ3v) is 3.48. The molecule has 0 heterocycles. The van der Waals surface area contributed by atoms with Crippen LogP contribution in [0.4, 0.5) is 0 Å². The van der Waals surface area contributed by atoms with Crippen molar-refractivity contribution < 1.29 is 0 Å². The number of hydrogen-bond acceptors (Lipinski definition) is 1. The standard InChI is InChI=1S/C19H23N/c1-17(19-13-7-4-8-14-19)16-20(2)15-9-12-18-10-5-3-6-11-18/h3-14,17H,15-16H2,1-2H3/b12-9+. The molecule has 1 atom stereocenters. The van der Waals surface area contributed by atoms with Crippen LogP contribution in [0.2, 0.25) is 0 Å². The van der Waals surface area contributed by atoms with Gasteiger partial charge in [0.2, 0.25) is 0 Å². The van der Waals surface area contributed by atoms with Crippen molar-refractivity contribution in [2.45, 2.75) is 12.8 Å². The van der Waals surface area contributed by atoms with Gasteiger partial charge in [-0.2, -0.15) is 0 Å². The summed E-state index contributed by atoms with van der Waals surface area (Å²) in [6.07, 6.45) is 4.41. The Morgan fingerprint density at radius 3 is 2.20 bits per heavy atom. The lowest BCUT2D eigenvalue weighted by Gasteiger charge is -2.20. The number of rotatable bonds is 6. The van der Waals surface area contributed by atoms with Gasteiger partial charge in [-0.3, -0.25) is 0 Å². The molecule has 1 heteroatoms. The van der Waals surface area contributed by atoms with Crippen LogP contribution in [0, 0.1) is 0 Å². The van der Waals surface area contributed by atoms with Gasteiger partial charge in [0.1, 0.15) is 0 Å². The van der Waals surface area contributed by atoms with E-state index < -0.39 is 0 Å². The second-order valence-corrected chi connectivity index (χ2v) is 5.35. The molecular formula is C19H23N. The molecule has 2 aromatic rings. The Labute approximate surface area is 122 Å². The fourth-order valence-electron chi connectivity index (χ4n) is 2.36.